The molecule has 0 unspecified atom stereocenters. The summed E-state index contributed by atoms with van der Waals surface area (Å²) >= 11 is 0. The lowest BCUT2D eigenvalue weighted by atomic mass is 9.86. The largest absolute Gasteiger partial charge is 0.291 e. The van der Waals surface area contributed by atoms with Crippen molar-refractivity contribution in [3.05, 3.63) is 6.54 Å². The summed E-state index contributed by atoms with van der Waals surface area (Å²) in [6.07, 6.45) is 1.20. The summed E-state index contributed by atoms with van der Waals surface area (Å²) in [5, 5.41) is 0. The minimum Gasteiger partial charge on any atom is -0.291 e. The van der Waals surface area contributed by atoms with Crippen molar-refractivity contribution < 1.29 is 0 Å². The third-order valence-corrected chi connectivity index (χ3v) is 2.25. The van der Waals surface area contributed by atoms with E-state index in [2.05, 4.69) is 46.2 Å². The topological polar surface area (TPSA) is 3.24 Å². The van der Waals surface area contributed by atoms with Gasteiger partial charge in [0.05, 0.1) is 6.54 Å². The first-order chi connectivity index (χ1) is 4.33. The third-order valence-electron chi connectivity index (χ3n) is 2.25. The molecule has 1 saturated heterocycles. The van der Waals surface area contributed by atoms with Crippen molar-refractivity contribution >= 4 is 0 Å². The number of hydrogen-bond acceptors (Lipinski definition) is 1. The Labute approximate surface area is 64.4 Å². The molecule has 1 rings (SSSR count). The Balaban J connectivity index is 2.71. The quantitative estimate of drug-likeness (QED) is 0.497. The van der Waals surface area contributed by atoms with Crippen molar-refractivity contribution in [2.45, 2.75) is 39.7 Å². The van der Waals surface area contributed by atoms with Crippen LogP contribution < -0.4 is 0 Å². The third kappa shape index (κ3) is 1.34. The van der Waals surface area contributed by atoms with Gasteiger partial charge in [-0.15, -0.1) is 0 Å². The van der Waals surface area contributed by atoms with Gasteiger partial charge in [-0.25, -0.2) is 0 Å². The monoisotopic (exact) mass is 139 g/mol. The molecule has 0 N–H and O–H groups in total. The summed E-state index contributed by atoms with van der Waals surface area (Å²) in [5.74, 6) is 0. The molecule has 0 amide bonds. The van der Waals surface area contributed by atoms with Crippen molar-refractivity contribution in [1.29, 1.82) is 0 Å². The average Bonchev–Trinajstić information content (AvgIpc) is 1.73. The van der Waals surface area contributed by atoms with Gasteiger partial charge in [-0.3, -0.25) is 4.90 Å². The van der Waals surface area contributed by atoms with E-state index in [0.717, 1.165) is 0 Å². The van der Waals surface area contributed by atoms with Crippen molar-refractivity contribution in [2.75, 3.05) is 7.05 Å². The maximum Gasteiger partial charge on any atom is 0.0680 e. The van der Waals surface area contributed by atoms with E-state index in [1.165, 1.54) is 6.42 Å². The Morgan fingerprint density at radius 1 is 1.20 bits per heavy atom. The fourth-order valence-electron chi connectivity index (χ4n) is 1.84. The summed E-state index contributed by atoms with van der Waals surface area (Å²) < 4.78 is 0. The molecule has 0 spiro atoms. The molecule has 1 fully saturated rings. The summed E-state index contributed by atoms with van der Waals surface area (Å²) in [6.45, 7) is 12.4. The highest BCUT2D eigenvalue weighted by Gasteiger charge is 2.41. The summed E-state index contributed by atoms with van der Waals surface area (Å²) in [7, 11) is 2.11. The van der Waals surface area contributed by atoms with E-state index in [0.29, 0.717) is 5.54 Å². The van der Waals surface area contributed by atoms with E-state index in [9.17, 15) is 0 Å². The van der Waals surface area contributed by atoms with Crippen LogP contribution in [0, 0.1) is 12.0 Å². The smallest absolute Gasteiger partial charge is 0.0680 e. The first-order valence-corrected chi connectivity index (χ1v) is 3.85. The molecule has 1 aliphatic heterocycles. The van der Waals surface area contributed by atoms with Gasteiger partial charge in [0.15, 0.2) is 0 Å². The van der Waals surface area contributed by atoms with E-state index >= 15 is 0 Å². The second-order valence-electron chi connectivity index (χ2n) is 4.54. The Hall–Kier alpha value is -0.0400. The summed E-state index contributed by atoms with van der Waals surface area (Å²) in [5.41, 5.74) is 0.585. The molecule has 2 radical (unpaired) electrons. The molecule has 1 heterocycles. The van der Waals surface area contributed by atoms with Crippen LogP contribution in [0.5, 0.6) is 0 Å². The van der Waals surface area contributed by atoms with Gasteiger partial charge in [0.2, 0.25) is 0 Å². The van der Waals surface area contributed by atoms with E-state index in [-0.39, 0.29) is 5.41 Å². The lowest BCUT2D eigenvalue weighted by molar-refractivity contribution is 0.243. The normalized spacial score (nSPS) is 30.9. The Bertz CT molecular complexity index is 136. The van der Waals surface area contributed by atoms with E-state index in [1.807, 2.05) is 0 Å². The van der Waals surface area contributed by atoms with Gasteiger partial charge in [-0.05, 0) is 32.7 Å². The standard InChI is InChI=1S/C9H17N/c1-8(2)6-9(3,4)10(5)7-8/h6H2,1-5H3. The van der Waals surface area contributed by atoms with E-state index in [1.54, 1.807) is 0 Å². The maximum atomic E-state index is 3.42. The fourth-order valence-corrected chi connectivity index (χ4v) is 1.84. The van der Waals surface area contributed by atoms with Gasteiger partial charge in [0.1, 0.15) is 0 Å². The molecule has 1 heteroatoms. The van der Waals surface area contributed by atoms with Crippen LogP contribution >= 0.6 is 0 Å². The zero-order valence-electron chi connectivity index (χ0n) is 7.65. The Kier molecular flexibility index (Phi) is 1.59. The second-order valence-corrected chi connectivity index (χ2v) is 4.54. The highest BCUT2D eigenvalue weighted by atomic mass is 15.2. The van der Waals surface area contributed by atoms with Gasteiger partial charge in [0.25, 0.3) is 0 Å². The van der Waals surface area contributed by atoms with Crippen LogP contribution in [0.4, 0.5) is 0 Å². The van der Waals surface area contributed by atoms with Gasteiger partial charge in [-0.2, -0.15) is 0 Å². The molecule has 0 aromatic rings. The number of nitrogens with zero attached hydrogens (tertiary/aromatic N) is 1. The molecule has 1 nitrogen and oxygen atoms in total. The van der Waals surface area contributed by atoms with Crippen LogP contribution in [0.15, 0.2) is 0 Å². The first kappa shape index (κ1) is 8.06. The SMILES string of the molecule is CN1[C]C(C)(C)CC1(C)C. The second kappa shape index (κ2) is 1.97. The number of likely N-dealkylation sites (tertiary alicyclic amines) is 1. The highest BCUT2D eigenvalue weighted by Crippen LogP contribution is 2.42. The summed E-state index contributed by atoms with van der Waals surface area (Å²) in [4.78, 5) is 2.20. The molecule has 0 atom stereocenters. The van der Waals surface area contributed by atoms with Crippen LogP contribution in [0.2, 0.25) is 0 Å². The van der Waals surface area contributed by atoms with Gasteiger partial charge in [0, 0.05) is 5.54 Å². The molecule has 0 aromatic heterocycles. The number of hydrogen-bond donors (Lipinski definition) is 0. The van der Waals surface area contributed by atoms with E-state index < -0.39 is 0 Å². The maximum absolute atomic E-state index is 3.42. The first-order valence-electron chi connectivity index (χ1n) is 3.85. The summed E-state index contributed by atoms with van der Waals surface area (Å²) in [6, 6.07) is 0. The van der Waals surface area contributed by atoms with Gasteiger partial charge < -0.3 is 0 Å². The minimum absolute atomic E-state index is 0.276. The zero-order valence-corrected chi connectivity index (χ0v) is 7.65. The molecule has 10 heavy (non-hydrogen) atoms. The molecule has 0 bridgehead atoms. The lowest BCUT2D eigenvalue weighted by Gasteiger charge is -2.26. The van der Waals surface area contributed by atoms with Gasteiger partial charge in [-0.1, -0.05) is 13.8 Å². The van der Waals surface area contributed by atoms with Crippen LogP contribution in [0.1, 0.15) is 34.1 Å². The van der Waals surface area contributed by atoms with Crippen LogP contribution in [-0.2, 0) is 0 Å². The van der Waals surface area contributed by atoms with Crippen molar-refractivity contribution in [3.63, 3.8) is 0 Å². The van der Waals surface area contributed by atoms with Crippen molar-refractivity contribution in [2.24, 2.45) is 5.41 Å². The van der Waals surface area contributed by atoms with Crippen LogP contribution in [0.25, 0.3) is 0 Å². The van der Waals surface area contributed by atoms with Crippen LogP contribution in [-0.4, -0.2) is 17.5 Å². The highest BCUT2D eigenvalue weighted by molar-refractivity contribution is 5.02. The zero-order chi connectivity index (χ0) is 7.99. The van der Waals surface area contributed by atoms with E-state index in [4.69, 9.17) is 0 Å². The molecule has 0 aromatic carbocycles. The number of rotatable bonds is 0. The van der Waals surface area contributed by atoms with Crippen molar-refractivity contribution in [1.82, 2.24) is 4.90 Å². The molecule has 58 valence electrons. The fraction of sp³-hybridized carbons (Fsp3) is 0.889. The lowest BCUT2D eigenvalue weighted by Crippen LogP contribution is -2.32. The molecule has 1 aliphatic rings. The predicted octanol–water partition coefficient (Wildman–Crippen LogP) is 2.17. The predicted molar refractivity (Wildman–Crippen MR) is 43.5 cm³/mol. The Morgan fingerprint density at radius 3 is 1.80 bits per heavy atom. The average molecular weight is 139 g/mol. The van der Waals surface area contributed by atoms with Crippen molar-refractivity contribution in [3.8, 4) is 0 Å². The Morgan fingerprint density at radius 2 is 1.70 bits per heavy atom. The minimum atomic E-state index is 0.276. The molecule has 0 aliphatic carbocycles. The van der Waals surface area contributed by atoms with Crippen LogP contribution in [0.3, 0.4) is 0 Å². The van der Waals surface area contributed by atoms with Gasteiger partial charge >= 0.3 is 0 Å². The molecule has 0 saturated carbocycles. The molecular formula is C9H17N. The molecular weight excluding hydrogens is 122 g/mol.